The summed E-state index contributed by atoms with van der Waals surface area (Å²) in [6.07, 6.45) is 2.98. The second-order valence-corrected chi connectivity index (χ2v) is 3.59. The maximum Gasteiger partial charge on any atom is 0.188 e. The molecule has 0 bridgehead atoms. The lowest BCUT2D eigenvalue weighted by atomic mass is 9.95. The Kier molecular flexibility index (Phi) is 3.05. The topological polar surface area (TPSA) is 42.9 Å². The van der Waals surface area contributed by atoms with Gasteiger partial charge in [-0.1, -0.05) is 37.3 Å². The fourth-order valence-corrected chi connectivity index (χ4v) is 1.55. The van der Waals surface area contributed by atoms with Gasteiger partial charge < -0.3 is 0 Å². The highest BCUT2D eigenvalue weighted by Gasteiger charge is 2.17. The van der Waals surface area contributed by atoms with Gasteiger partial charge in [0.1, 0.15) is 12.0 Å². The summed E-state index contributed by atoms with van der Waals surface area (Å²) in [7, 11) is 0. The van der Waals surface area contributed by atoms with Crippen LogP contribution in [0, 0.1) is 0 Å². The second kappa shape index (κ2) is 4.66. The standard InChI is InChI=1S/C13H12N2O/c1-10(11-5-3-2-4-6-11)13(16)12-7-8-14-9-15-12/h2-10H,1H3. The van der Waals surface area contributed by atoms with E-state index in [1.54, 1.807) is 12.3 Å². The van der Waals surface area contributed by atoms with Gasteiger partial charge in [0.05, 0.1) is 0 Å². The Morgan fingerprint density at radius 2 is 1.94 bits per heavy atom. The zero-order chi connectivity index (χ0) is 11.4. The molecule has 80 valence electrons. The molecule has 0 N–H and O–H groups in total. The van der Waals surface area contributed by atoms with Crippen molar-refractivity contribution in [1.29, 1.82) is 0 Å². The zero-order valence-electron chi connectivity index (χ0n) is 9.00. The van der Waals surface area contributed by atoms with E-state index in [1.165, 1.54) is 6.33 Å². The van der Waals surface area contributed by atoms with Crippen LogP contribution in [-0.4, -0.2) is 15.8 Å². The van der Waals surface area contributed by atoms with Crippen LogP contribution in [0.3, 0.4) is 0 Å². The third kappa shape index (κ3) is 2.14. The molecule has 3 nitrogen and oxygen atoms in total. The van der Waals surface area contributed by atoms with Crippen LogP contribution in [0.4, 0.5) is 0 Å². The lowest BCUT2D eigenvalue weighted by Gasteiger charge is -2.09. The van der Waals surface area contributed by atoms with Crippen LogP contribution >= 0.6 is 0 Å². The van der Waals surface area contributed by atoms with Crippen molar-refractivity contribution >= 4 is 5.78 Å². The summed E-state index contributed by atoms with van der Waals surface area (Å²) < 4.78 is 0. The maximum atomic E-state index is 12.1. The molecule has 16 heavy (non-hydrogen) atoms. The molecule has 3 heteroatoms. The van der Waals surface area contributed by atoms with Gasteiger partial charge in [-0.2, -0.15) is 0 Å². The van der Waals surface area contributed by atoms with Crippen molar-refractivity contribution in [2.24, 2.45) is 0 Å². The van der Waals surface area contributed by atoms with Crippen molar-refractivity contribution in [3.63, 3.8) is 0 Å². The van der Waals surface area contributed by atoms with Gasteiger partial charge in [0.15, 0.2) is 5.78 Å². The van der Waals surface area contributed by atoms with Gasteiger partial charge >= 0.3 is 0 Å². The zero-order valence-corrected chi connectivity index (χ0v) is 9.00. The molecule has 0 saturated heterocycles. The number of hydrogen-bond acceptors (Lipinski definition) is 3. The first-order chi connectivity index (χ1) is 7.79. The van der Waals surface area contributed by atoms with Gasteiger partial charge in [0.25, 0.3) is 0 Å². The molecule has 0 radical (unpaired) electrons. The van der Waals surface area contributed by atoms with Crippen LogP contribution < -0.4 is 0 Å². The van der Waals surface area contributed by atoms with Crippen LogP contribution in [-0.2, 0) is 0 Å². The minimum absolute atomic E-state index is 0.0219. The first kappa shape index (κ1) is 10.5. The molecule has 0 amide bonds. The molecule has 0 fully saturated rings. The second-order valence-electron chi connectivity index (χ2n) is 3.59. The highest BCUT2D eigenvalue weighted by Crippen LogP contribution is 2.18. The maximum absolute atomic E-state index is 12.1. The third-order valence-electron chi connectivity index (χ3n) is 2.53. The number of rotatable bonds is 3. The van der Waals surface area contributed by atoms with Gasteiger partial charge in [-0.3, -0.25) is 4.79 Å². The van der Waals surface area contributed by atoms with Crippen LogP contribution in [0.2, 0.25) is 0 Å². The minimum atomic E-state index is -0.170. The summed E-state index contributed by atoms with van der Waals surface area (Å²) >= 11 is 0. The summed E-state index contributed by atoms with van der Waals surface area (Å²) in [6.45, 7) is 1.89. The van der Waals surface area contributed by atoms with Gasteiger partial charge in [0, 0.05) is 12.1 Å². The number of ketones is 1. The molecule has 0 aliphatic heterocycles. The summed E-state index contributed by atoms with van der Waals surface area (Å²) in [5, 5.41) is 0. The van der Waals surface area contributed by atoms with E-state index in [-0.39, 0.29) is 11.7 Å². The number of carbonyl (C=O) groups excluding carboxylic acids is 1. The number of nitrogens with zero attached hydrogens (tertiary/aromatic N) is 2. The molecule has 2 aromatic rings. The van der Waals surface area contributed by atoms with Gasteiger partial charge in [-0.05, 0) is 11.6 Å². The van der Waals surface area contributed by atoms with Crippen molar-refractivity contribution in [2.75, 3.05) is 0 Å². The molecule has 1 aromatic carbocycles. The van der Waals surface area contributed by atoms with Gasteiger partial charge in [-0.15, -0.1) is 0 Å². The molecule has 1 unspecified atom stereocenters. The lowest BCUT2D eigenvalue weighted by Crippen LogP contribution is -2.11. The van der Waals surface area contributed by atoms with E-state index in [9.17, 15) is 4.79 Å². The molecule has 1 aromatic heterocycles. The quantitative estimate of drug-likeness (QED) is 0.734. The molecule has 2 rings (SSSR count). The van der Waals surface area contributed by atoms with E-state index in [4.69, 9.17) is 0 Å². The Hall–Kier alpha value is -2.03. The van der Waals surface area contributed by atoms with E-state index in [0.29, 0.717) is 5.69 Å². The molecule has 0 aliphatic carbocycles. The van der Waals surface area contributed by atoms with E-state index < -0.39 is 0 Å². The lowest BCUT2D eigenvalue weighted by molar-refractivity contribution is 0.0961. The molecule has 1 atom stereocenters. The van der Waals surface area contributed by atoms with Crippen molar-refractivity contribution in [1.82, 2.24) is 9.97 Å². The summed E-state index contributed by atoms with van der Waals surface area (Å²) in [5.41, 5.74) is 1.47. The number of benzene rings is 1. The van der Waals surface area contributed by atoms with Crippen molar-refractivity contribution in [2.45, 2.75) is 12.8 Å². The predicted molar refractivity (Wildman–Crippen MR) is 61.2 cm³/mol. The Bertz CT molecular complexity index is 468. The Labute approximate surface area is 94.2 Å². The van der Waals surface area contributed by atoms with E-state index in [2.05, 4.69) is 9.97 Å². The average Bonchev–Trinajstić information content (AvgIpc) is 2.39. The summed E-state index contributed by atoms with van der Waals surface area (Å²) in [6, 6.07) is 11.3. The minimum Gasteiger partial charge on any atom is -0.292 e. The van der Waals surface area contributed by atoms with Gasteiger partial charge in [0.2, 0.25) is 0 Å². The van der Waals surface area contributed by atoms with Crippen molar-refractivity contribution < 1.29 is 4.79 Å². The molecular formula is C13H12N2O. The van der Waals surface area contributed by atoms with Crippen LogP contribution in [0.1, 0.15) is 28.9 Å². The largest absolute Gasteiger partial charge is 0.292 e. The molecule has 1 heterocycles. The van der Waals surface area contributed by atoms with Gasteiger partial charge in [-0.25, -0.2) is 9.97 Å². The van der Waals surface area contributed by atoms with Crippen LogP contribution in [0.25, 0.3) is 0 Å². The average molecular weight is 212 g/mol. The fourth-order valence-electron chi connectivity index (χ4n) is 1.55. The Morgan fingerprint density at radius 3 is 2.56 bits per heavy atom. The molecule has 0 saturated carbocycles. The smallest absolute Gasteiger partial charge is 0.188 e. The third-order valence-corrected chi connectivity index (χ3v) is 2.53. The molecular weight excluding hydrogens is 200 g/mol. The normalized spacial score (nSPS) is 12.1. The number of Topliss-reactive ketones (excluding diaryl/α,β-unsaturated/α-hetero) is 1. The van der Waals surface area contributed by atoms with Crippen molar-refractivity contribution in [3.05, 3.63) is 60.2 Å². The first-order valence-electron chi connectivity index (χ1n) is 5.14. The molecule has 0 spiro atoms. The SMILES string of the molecule is CC(C(=O)c1ccncn1)c1ccccc1. The molecule has 0 aliphatic rings. The van der Waals surface area contributed by atoms with Crippen LogP contribution in [0.15, 0.2) is 48.9 Å². The Balaban J connectivity index is 2.24. The van der Waals surface area contributed by atoms with E-state index in [1.807, 2.05) is 37.3 Å². The van der Waals surface area contributed by atoms with E-state index in [0.717, 1.165) is 5.56 Å². The predicted octanol–water partition coefficient (Wildman–Crippen LogP) is 2.46. The number of hydrogen-bond donors (Lipinski definition) is 0. The van der Waals surface area contributed by atoms with Crippen molar-refractivity contribution in [3.8, 4) is 0 Å². The highest BCUT2D eigenvalue weighted by atomic mass is 16.1. The Morgan fingerprint density at radius 1 is 1.19 bits per heavy atom. The summed E-state index contributed by atoms with van der Waals surface area (Å²) in [5.74, 6) is -0.148. The summed E-state index contributed by atoms with van der Waals surface area (Å²) in [4.78, 5) is 19.8. The monoisotopic (exact) mass is 212 g/mol. The number of carbonyl (C=O) groups is 1. The van der Waals surface area contributed by atoms with E-state index >= 15 is 0 Å². The number of aromatic nitrogens is 2. The fraction of sp³-hybridized carbons (Fsp3) is 0.154. The highest BCUT2D eigenvalue weighted by molar-refractivity contribution is 5.98. The first-order valence-corrected chi connectivity index (χ1v) is 5.14. The van der Waals surface area contributed by atoms with Crippen LogP contribution in [0.5, 0.6) is 0 Å².